The van der Waals surface area contributed by atoms with Gasteiger partial charge in [-0.2, -0.15) is 0 Å². The number of nitrogens with zero attached hydrogens (tertiary/aromatic N) is 1. The molecular weight excluding hydrogens is 264 g/mol. The molecule has 0 saturated heterocycles. The Morgan fingerprint density at radius 1 is 1.29 bits per heavy atom. The number of rotatable bonds is 6. The van der Waals surface area contributed by atoms with Gasteiger partial charge < -0.3 is 10.1 Å². The number of aromatic nitrogens is 1. The van der Waals surface area contributed by atoms with E-state index in [0.717, 1.165) is 24.2 Å². The van der Waals surface area contributed by atoms with Crippen molar-refractivity contribution in [1.29, 1.82) is 0 Å². The molecule has 0 atom stereocenters. The number of carbonyl (C=O) groups is 1. The van der Waals surface area contributed by atoms with Crippen LogP contribution in [0.15, 0.2) is 54.9 Å². The maximum atomic E-state index is 11.3. The summed E-state index contributed by atoms with van der Waals surface area (Å²) in [5, 5.41) is 3.31. The number of nitrogens with one attached hydrogen (secondary N) is 1. The summed E-state index contributed by atoms with van der Waals surface area (Å²) in [4.78, 5) is 15.4. The lowest BCUT2D eigenvalue weighted by Crippen LogP contribution is -2.12. The van der Waals surface area contributed by atoms with E-state index in [9.17, 15) is 4.79 Å². The van der Waals surface area contributed by atoms with Crippen LogP contribution in [-0.2, 0) is 11.3 Å². The minimum absolute atomic E-state index is 0.316. The molecule has 0 spiro atoms. The first-order valence-electron chi connectivity index (χ1n) is 6.74. The van der Waals surface area contributed by atoms with Crippen LogP contribution in [0.3, 0.4) is 0 Å². The van der Waals surface area contributed by atoms with E-state index in [1.807, 2.05) is 42.6 Å². The first-order chi connectivity index (χ1) is 10.3. The molecule has 1 N–H and O–H groups in total. The van der Waals surface area contributed by atoms with Crippen molar-refractivity contribution in [3.8, 4) is 0 Å². The summed E-state index contributed by atoms with van der Waals surface area (Å²) >= 11 is 0. The average Bonchev–Trinajstić information content (AvgIpc) is 2.55. The monoisotopic (exact) mass is 282 g/mol. The number of methoxy groups -OCH3 is 1. The van der Waals surface area contributed by atoms with Gasteiger partial charge in [0.2, 0.25) is 0 Å². The van der Waals surface area contributed by atoms with Gasteiger partial charge in [-0.05, 0) is 29.3 Å². The quantitative estimate of drug-likeness (QED) is 0.654. The van der Waals surface area contributed by atoms with Gasteiger partial charge in [-0.3, -0.25) is 4.98 Å². The summed E-state index contributed by atoms with van der Waals surface area (Å²) in [6.45, 7) is 1.56. The molecule has 0 amide bonds. The molecule has 0 aliphatic carbocycles. The van der Waals surface area contributed by atoms with Crippen LogP contribution < -0.4 is 5.32 Å². The zero-order valence-corrected chi connectivity index (χ0v) is 12.0. The molecular formula is C17H18N2O2. The zero-order chi connectivity index (χ0) is 14.9. The van der Waals surface area contributed by atoms with Crippen molar-refractivity contribution in [2.75, 3.05) is 13.7 Å². The fourth-order valence-corrected chi connectivity index (χ4v) is 1.85. The topological polar surface area (TPSA) is 51.2 Å². The summed E-state index contributed by atoms with van der Waals surface area (Å²) in [6, 6.07) is 11.3. The van der Waals surface area contributed by atoms with Crippen LogP contribution in [-0.4, -0.2) is 24.6 Å². The van der Waals surface area contributed by atoms with Gasteiger partial charge in [-0.15, -0.1) is 0 Å². The standard InChI is InChI=1S/C17H18N2O2/c1-21-17(20)16-8-6-14(7-9-16)4-2-10-18-12-15-5-3-11-19-13-15/h2-9,11,13,18H,10,12H2,1H3/b4-2+. The summed E-state index contributed by atoms with van der Waals surface area (Å²) in [5.41, 5.74) is 2.77. The minimum Gasteiger partial charge on any atom is -0.465 e. The predicted octanol–water partition coefficient (Wildman–Crippen LogP) is 2.67. The molecule has 4 heteroatoms. The van der Waals surface area contributed by atoms with Gasteiger partial charge in [0.1, 0.15) is 0 Å². The third-order valence-electron chi connectivity index (χ3n) is 2.96. The molecule has 0 saturated carbocycles. The van der Waals surface area contributed by atoms with Gasteiger partial charge in [-0.25, -0.2) is 4.79 Å². The Morgan fingerprint density at radius 2 is 2.10 bits per heavy atom. The highest BCUT2D eigenvalue weighted by molar-refractivity contribution is 5.89. The zero-order valence-electron chi connectivity index (χ0n) is 12.0. The second-order valence-electron chi connectivity index (χ2n) is 4.51. The highest BCUT2D eigenvalue weighted by atomic mass is 16.5. The van der Waals surface area contributed by atoms with Gasteiger partial charge in [0, 0.05) is 25.5 Å². The minimum atomic E-state index is -0.316. The predicted molar refractivity (Wildman–Crippen MR) is 82.8 cm³/mol. The summed E-state index contributed by atoms with van der Waals surface area (Å²) in [7, 11) is 1.38. The summed E-state index contributed by atoms with van der Waals surface area (Å²) in [5.74, 6) is -0.316. The molecule has 21 heavy (non-hydrogen) atoms. The first-order valence-corrected chi connectivity index (χ1v) is 6.74. The Bertz CT molecular complexity index is 592. The van der Waals surface area contributed by atoms with Gasteiger partial charge in [0.15, 0.2) is 0 Å². The van der Waals surface area contributed by atoms with E-state index in [-0.39, 0.29) is 5.97 Å². The number of pyridine rings is 1. The number of benzene rings is 1. The van der Waals surface area contributed by atoms with Crippen molar-refractivity contribution in [1.82, 2.24) is 10.3 Å². The van der Waals surface area contributed by atoms with E-state index in [1.165, 1.54) is 7.11 Å². The van der Waals surface area contributed by atoms with E-state index in [0.29, 0.717) is 5.56 Å². The smallest absolute Gasteiger partial charge is 0.337 e. The molecule has 0 aliphatic rings. The highest BCUT2D eigenvalue weighted by Crippen LogP contribution is 2.07. The molecule has 0 fully saturated rings. The largest absolute Gasteiger partial charge is 0.465 e. The molecule has 4 nitrogen and oxygen atoms in total. The lowest BCUT2D eigenvalue weighted by Gasteiger charge is -2.01. The maximum absolute atomic E-state index is 11.3. The third-order valence-corrected chi connectivity index (χ3v) is 2.96. The fraction of sp³-hybridized carbons (Fsp3) is 0.176. The number of hydrogen-bond donors (Lipinski definition) is 1. The highest BCUT2D eigenvalue weighted by Gasteiger charge is 2.02. The molecule has 1 heterocycles. The van der Waals surface area contributed by atoms with Crippen molar-refractivity contribution in [3.05, 3.63) is 71.6 Å². The van der Waals surface area contributed by atoms with Crippen molar-refractivity contribution in [3.63, 3.8) is 0 Å². The molecule has 0 bridgehead atoms. The Balaban J connectivity index is 1.78. The second-order valence-corrected chi connectivity index (χ2v) is 4.51. The molecule has 108 valence electrons. The molecule has 1 aromatic carbocycles. The van der Waals surface area contributed by atoms with Gasteiger partial charge >= 0.3 is 5.97 Å². The molecule has 1 aromatic heterocycles. The number of esters is 1. The van der Waals surface area contributed by atoms with E-state index in [1.54, 1.807) is 18.3 Å². The van der Waals surface area contributed by atoms with Crippen LogP contribution in [0.5, 0.6) is 0 Å². The Labute approximate surface area is 124 Å². The molecule has 2 aromatic rings. The summed E-state index contributed by atoms with van der Waals surface area (Å²) < 4.78 is 4.66. The van der Waals surface area contributed by atoms with E-state index < -0.39 is 0 Å². The van der Waals surface area contributed by atoms with E-state index in [4.69, 9.17) is 0 Å². The van der Waals surface area contributed by atoms with Crippen molar-refractivity contribution in [2.45, 2.75) is 6.54 Å². The first kappa shape index (κ1) is 14.9. The lowest BCUT2D eigenvalue weighted by atomic mass is 10.1. The summed E-state index contributed by atoms with van der Waals surface area (Å²) in [6.07, 6.45) is 7.67. The van der Waals surface area contributed by atoms with Crippen LogP contribution in [0.4, 0.5) is 0 Å². The number of carbonyl (C=O) groups excluding carboxylic acids is 1. The van der Waals surface area contributed by atoms with Crippen molar-refractivity contribution >= 4 is 12.0 Å². The average molecular weight is 282 g/mol. The third kappa shape index (κ3) is 4.85. The van der Waals surface area contributed by atoms with Crippen molar-refractivity contribution < 1.29 is 9.53 Å². The van der Waals surface area contributed by atoms with Crippen LogP contribution in [0.25, 0.3) is 6.08 Å². The molecule has 0 aliphatic heterocycles. The van der Waals surface area contributed by atoms with Gasteiger partial charge in [0.05, 0.1) is 12.7 Å². The van der Waals surface area contributed by atoms with Crippen molar-refractivity contribution in [2.24, 2.45) is 0 Å². The SMILES string of the molecule is COC(=O)c1ccc(/C=C/CNCc2cccnc2)cc1. The normalized spacial score (nSPS) is 10.7. The lowest BCUT2D eigenvalue weighted by molar-refractivity contribution is 0.0601. The van der Waals surface area contributed by atoms with Crippen LogP contribution in [0, 0.1) is 0 Å². The van der Waals surface area contributed by atoms with Crippen LogP contribution in [0.1, 0.15) is 21.5 Å². The molecule has 2 rings (SSSR count). The van der Waals surface area contributed by atoms with Gasteiger partial charge in [0.25, 0.3) is 0 Å². The van der Waals surface area contributed by atoms with E-state index >= 15 is 0 Å². The fourth-order valence-electron chi connectivity index (χ4n) is 1.85. The number of hydrogen-bond acceptors (Lipinski definition) is 4. The molecule has 0 unspecified atom stereocenters. The Hall–Kier alpha value is -2.46. The Kier molecular flexibility index (Phi) is 5.67. The van der Waals surface area contributed by atoms with E-state index in [2.05, 4.69) is 15.0 Å². The second kappa shape index (κ2) is 7.97. The number of ether oxygens (including phenoxy) is 1. The Morgan fingerprint density at radius 3 is 2.76 bits per heavy atom. The maximum Gasteiger partial charge on any atom is 0.337 e. The van der Waals surface area contributed by atoms with Crippen LogP contribution in [0.2, 0.25) is 0 Å². The van der Waals surface area contributed by atoms with Gasteiger partial charge in [-0.1, -0.05) is 30.4 Å². The van der Waals surface area contributed by atoms with Crippen LogP contribution >= 0.6 is 0 Å². The molecule has 0 radical (unpaired) electrons.